The molecule has 0 bridgehead atoms. The first-order valence-electron chi connectivity index (χ1n) is 7.08. The molecule has 0 fully saturated rings. The Kier molecular flexibility index (Phi) is 6.45. The van der Waals surface area contributed by atoms with Gasteiger partial charge in [0.2, 0.25) is 0 Å². The van der Waals surface area contributed by atoms with E-state index < -0.39 is 0 Å². The predicted octanol–water partition coefficient (Wildman–Crippen LogP) is 7.89. The van der Waals surface area contributed by atoms with Crippen LogP contribution in [0.2, 0.25) is 0 Å². The second-order valence-electron chi connectivity index (χ2n) is 5.40. The maximum absolute atomic E-state index is 13.5. The van der Waals surface area contributed by atoms with Crippen molar-refractivity contribution < 1.29 is 4.39 Å². The lowest BCUT2D eigenvalue weighted by molar-refractivity contribution is 0.626. The summed E-state index contributed by atoms with van der Waals surface area (Å²) in [6.07, 6.45) is 0. The van der Waals surface area contributed by atoms with Crippen molar-refractivity contribution in [3.05, 3.63) is 74.2 Å². The summed E-state index contributed by atoms with van der Waals surface area (Å²) in [6.45, 7) is 2.12. The van der Waals surface area contributed by atoms with Crippen LogP contribution in [0.4, 0.5) is 4.39 Å². The van der Waals surface area contributed by atoms with Crippen molar-refractivity contribution in [3.8, 4) is 22.3 Å². The molecule has 0 aliphatic rings. The molecule has 122 valence electrons. The SMILES string of the molecule is Cc1ccc(-c2ccc(-c3c(I)cc(F)cc3I)cc2I)cc1I. The molecule has 0 saturated carbocycles. The van der Waals surface area contributed by atoms with Crippen molar-refractivity contribution in [2.24, 2.45) is 0 Å². The summed E-state index contributed by atoms with van der Waals surface area (Å²) in [7, 11) is 0. The summed E-state index contributed by atoms with van der Waals surface area (Å²) >= 11 is 9.18. The Labute approximate surface area is 195 Å². The summed E-state index contributed by atoms with van der Waals surface area (Å²) in [5.74, 6) is -0.187. The minimum atomic E-state index is -0.187. The van der Waals surface area contributed by atoms with E-state index in [0.717, 1.165) is 18.3 Å². The molecule has 0 N–H and O–H groups in total. The van der Waals surface area contributed by atoms with Crippen molar-refractivity contribution in [2.45, 2.75) is 6.92 Å². The van der Waals surface area contributed by atoms with Crippen molar-refractivity contribution in [3.63, 3.8) is 0 Å². The minimum absolute atomic E-state index is 0.187. The predicted molar refractivity (Wildman–Crippen MR) is 133 cm³/mol. The molecule has 3 aromatic carbocycles. The smallest absolute Gasteiger partial charge is 0.125 e. The van der Waals surface area contributed by atoms with E-state index in [4.69, 9.17) is 0 Å². The van der Waals surface area contributed by atoms with Gasteiger partial charge in [-0.1, -0.05) is 24.3 Å². The molecule has 0 aliphatic carbocycles. The van der Waals surface area contributed by atoms with Gasteiger partial charge in [0.1, 0.15) is 5.82 Å². The van der Waals surface area contributed by atoms with Crippen LogP contribution in [0.5, 0.6) is 0 Å². The van der Waals surface area contributed by atoms with Gasteiger partial charge in [0.15, 0.2) is 0 Å². The van der Waals surface area contributed by atoms with E-state index in [0.29, 0.717) is 0 Å². The van der Waals surface area contributed by atoms with Crippen LogP contribution >= 0.6 is 90.4 Å². The molecule has 0 aromatic heterocycles. The maximum atomic E-state index is 13.5. The van der Waals surface area contributed by atoms with Gasteiger partial charge in [-0.15, -0.1) is 0 Å². The fraction of sp³-hybridized carbons (Fsp3) is 0.0526. The average molecular weight is 766 g/mol. The third-order valence-electron chi connectivity index (χ3n) is 3.75. The minimum Gasteiger partial charge on any atom is -0.207 e. The number of rotatable bonds is 2. The fourth-order valence-corrected chi connectivity index (χ4v) is 6.14. The molecule has 0 aliphatic heterocycles. The van der Waals surface area contributed by atoms with Crippen LogP contribution in [0, 0.1) is 27.0 Å². The molecule has 3 aromatic rings. The highest BCUT2D eigenvalue weighted by molar-refractivity contribution is 14.1. The van der Waals surface area contributed by atoms with Gasteiger partial charge < -0.3 is 0 Å². The summed E-state index contributed by atoms with van der Waals surface area (Å²) in [5.41, 5.74) is 5.97. The lowest BCUT2D eigenvalue weighted by Crippen LogP contribution is -1.92. The topological polar surface area (TPSA) is 0 Å². The fourth-order valence-electron chi connectivity index (χ4n) is 2.48. The van der Waals surface area contributed by atoms with Crippen LogP contribution in [0.1, 0.15) is 5.56 Å². The third kappa shape index (κ3) is 4.08. The van der Waals surface area contributed by atoms with Crippen LogP contribution in [-0.2, 0) is 0 Å². The second-order valence-corrected chi connectivity index (χ2v) is 10.1. The first-order chi connectivity index (χ1) is 11.4. The lowest BCUT2D eigenvalue weighted by Gasteiger charge is -2.12. The van der Waals surface area contributed by atoms with E-state index in [9.17, 15) is 4.39 Å². The van der Waals surface area contributed by atoms with Gasteiger partial charge in [-0.3, -0.25) is 0 Å². The van der Waals surface area contributed by atoms with Gasteiger partial charge in [0.25, 0.3) is 0 Å². The van der Waals surface area contributed by atoms with Crippen LogP contribution < -0.4 is 0 Å². The Morgan fingerprint density at radius 2 is 1.25 bits per heavy atom. The standard InChI is InChI=1S/C19H11FI4/c1-10-2-3-11(6-15(10)21)14-5-4-12(7-16(14)22)19-17(23)8-13(20)9-18(19)24/h2-9H,1H3. The van der Waals surface area contributed by atoms with Crippen molar-refractivity contribution in [1.82, 2.24) is 0 Å². The van der Waals surface area contributed by atoms with Crippen LogP contribution in [0.3, 0.4) is 0 Å². The number of hydrogen-bond donors (Lipinski definition) is 0. The van der Waals surface area contributed by atoms with E-state index in [2.05, 4.69) is 134 Å². The van der Waals surface area contributed by atoms with Crippen molar-refractivity contribution in [1.29, 1.82) is 0 Å². The Morgan fingerprint density at radius 3 is 1.83 bits per heavy atom. The second kappa shape index (κ2) is 8.03. The molecule has 0 spiro atoms. The zero-order chi connectivity index (χ0) is 17.4. The molecule has 0 unspecified atom stereocenters. The Hall–Kier alpha value is 0.510. The number of halogens is 5. The third-order valence-corrected chi connectivity index (χ3v) is 7.50. The highest BCUT2D eigenvalue weighted by Crippen LogP contribution is 2.35. The Morgan fingerprint density at radius 1 is 0.667 bits per heavy atom. The average Bonchev–Trinajstić information content (AvgIpc) is 2.49. The molecule has 5 heteroatoms. The number of benzene rings is 3. The van der Waals surface area contributed by atoms with Crippen molar-refractivity contribution in [2.75, 3.05) is 0 Å². The van der Waals surface area contributed by atoms with Crippen LogP contribution in [-0.4, -0.2) is 0 Å². The van der Waals surface area contributed by atoms with Crippen molar-refractivity contribution >= 4 is 90.4 Å². The molecule has 3 rings (SSSR count). The normalized spacial score (nSPS) is 10.9. The van der Waals surface area contributed by atoms with Gasteiger partial charge in [0, 0.05) is 19.8 Å². The Bertz CT molecular complexity index is 912. The summed E-state index contributed by atoms with van der Waals surface area (Å²) in [4.78, 5) is 0. The van der Waals surface area contributed by atoms with E-state index in [1.54, 1.807) is 12.1 Å². The maximum Gasteiger partial charge on any atom is 0.125 e. The van der Waals surface area contributed by atoms with E-state index >= 15 is 0 Å². The first kappa shape index (κ1) is 19.3. The largest absolute Gasteiger partial charge is 0.207 e. The van der Waals surface area contributed by atoms with Gasteiger partial charge >= 0.3 is 0 Å². The molecule has 0 amide bonds. The number of hydrogen-bond acceptors (Lipinski definition) is 0. The molecule has 0 heterocycles. The summed E-state index contributed by atoms with van der Waals surface area (Å²) in [5, 5.41) is 0. The highest BCUT2D eigenvalue weighted by Gasteiger charge is 2.12. The monoisotopic (exact) mass is 766 g/mol. The van der Waals surface area contributed by atoms with E-state index in [1.807, 2.05) is 0 Å². The zero-order valence-electron chi connectivity index (χ0n) is 12.5. The quantitative estimate of drug-likeness (QED) is 0.233. The summed E-state index contributed by atoms with van der Waals surface area (Å²) in [6, 6.07) is 16.2. The molecule has 0 saturated heterocycles. The van der Waals surface area contributed by atoms with Gasteiger partial charge in [-0.05, 0) is 144 Å². The van der Waals surface area contributed by atoms with Crippen LogP contribution in [0.15, 0.2) is 48.5 Å². The molecule has 0 radical (unpaired) electrons. The highest BCUT2D eigenvalue weighted by atomic mass is 127. The molecule has 0 nitrogen and oxygen atoms in total. The molecule has 0 atom stereocenters. The van der Waals surface area contributed by atoms with E-state index in [-0.39, 0.29) is 5.82 Å². The zero-order valence-corrected chi connectivity index (χ0v) is 21.1. The van der Waals surface area contributed by atoms with Gasteiger partial charge in [-0.2, -0.15) is 0 Å². The van der Waals surface area contributed by atoms with Gasteiger partial charge in [-0.25, -0.2) is 4.39 Å². The molecular formula is C19H11FI4. The molecule has 24 heavy (non-hydrogen) atoms. The molecular weight excluding hydrogens is 755 g/mol. The first-order valence-corrected chi connectivity index (χ1v) is 11.4. The lowest BCUT2D eigenvalue weighted by atomic mass is 10.00. The Balaban J connectivity index is 2.09. The van der Waals surface area contributed by atoms with Gasteiger partial charge in [0.05, 0.1) is 0 Å². The van der Waals surface area contributed by atoms with Crippen LogP contribution in [0.25, 0.3) is 22.3 Å². The number of aryl methyl sites for hydroxylation is 1. The van der Waals surface area contributed by atoms with E-state index in [1.165, 1.54) is 23.8 Å². The summed E-state index contributed by atoms with van der Waals surface area (Å²) < 4.78 is 17.9.